The fourth-order valence-electron chi connectivity index (χ4n) is 1.09. The van der Waals surface area contributed by atoms with Gasteiger partial charge in [-0.25, -0.2) is 9.97 Å². The van der Waals surface area contributed by atoms with E-state index in [9.17, 15) is 4.79 Å². The fraction of sp³-hybridized carbons (Fsp3) is 0.500. The van der Waals surface area contributed by atoms with Crippen molar-refractivity contribution < 1.29 is 14.6 Å². The third-order valence-electron chi connectivity index (χ3n) is 1.73. The molecule has 1 heterocycles. The topological polar surface area (TPSA) is 75.5 Å². The number of aromatic nitrogens is 2. The van der Waals surface area contributed by atoms with E-state index < -0.39 is 5.97 Å². The van der Waals surface area contributed by atoms with Crippen LogP contribution in [0.4, 0.5) is 5.82 Å². The van der Waals surface area contributed by atoms with Crippen molar-refractivity contribution in [1.82, 2.24) is 9.97 Å². The van der Waals surface area contributed by atoms with Crippen molar-refractivity contribution in [3.8, 4) is 5.88 Å². The molecule has 0 saturated carbocycles. The average molecular weight is 225 g/mol. The summed E-state index contributed by atoms with van der Waals surface area (Å²) in [5.41, 5.74) is 0. The van der Waals surface area contributed by atoms with Crippen LogP contribution >= 0.6 is 0 Å². The molecule has 0 aliphatic carbocycles. The van der Waals surface area contributed by atoms with Gasteiger partial charge in [-0.05, 0) is 13.8 Å². The minimum atomic E-state index is -0.910. The number of nitrogens with zero attached hydrogens (tertiary/aromatic N) is 3. The van der Waals surface area contributed by atoms with Gasteiger partial charge in [-0.1, -0.05) is 0 Å². The fourth-order valence-corrected chi connectivity index (χ4v) is 1.09. The van der Waals surface area contributed by atoms with Crippen molar-refractivity contribution in [2.45, 2.75) is 20.0 Å². The molecular formula is C10H15N3O3. The van der Waals surface area contributed by atoms with Crippen LogP contribution in [0.25, 0.3) is 0 Å². The van der Waals surface area contributed by atoms with Gasteiger partial charge in [0.1, 0.15) is 12.4 Å². The van der Waals surface area contributed by atoms with Gasteiger partial charge in [0.15, 0.2) is 0 Å². The zero-order valence-electron chi connectivity index (χ0n) is 9.54. The zero-order chi connectivity index (χ0) is 12.1. The molecule has 0 aliphatic rings. The molecule has 0 aromatic carbocycles. The largest absolute Gasteiger partial charge is 0.480 e. The van der Waals surface area contributed by atoms with Crippen LogP contribution in [0.15, 0.2) is 12.4 Å². The molecule has 0 saturated heterocycles. The maximum atomic E-state index is 10.5. The molecule has 0 spiro atoms. The summed E-state index contributed by atoms with van der Waals surface area (Å²) in [7, 11) is 1.64. The smallest absolute Gasteiger partial charge is 0.323 e. The highest BCUT2D eigenvalue weighted by molar-refractivity contribution is 5.72. The van der Waals surface area contributed by atoms with Crippen molar-refractivity contribution in [3.63, 3.8) is 0 Å². The summed E-state index contributed by atoms with van der Waals surface area (Å²) in [5, 5.41) is 8.60. The van der Waals surface area contributed by atoms with E-state index in [4.69, 9.17) is 9.84 Å². The molecule has 1 aromatic heterocycles. The van der Waals surface area contributed by atoms with Crippen molar-refractivity contribution in [2.75, 3.05) is 18.5 Å². The van der Waals surface area contributed by atoms with Gasteiger partial charge in [-0.3, -0.25) is 4.79 Å². The quantitative estimate of drug-likeness (QED) is 0.798. The van der Waals surface area contributed by atoms with Gasteiger partial charge in [0, 0.05) is 7.05 Å². The number of likely N-dealkylation sites (N-methyl/N-ethyl adjacent to an activating group) is 1. The van der Waals surface area contributed by atoms with Crippen LogP contribution in [0.5, 0.6) is 5.88 Å². The first kappa shape index (κ1) is 12.2. The van der Waals surface area contributed by atoms with Crippen LogP contribution in [0, 0.1) is 0 Å². The Hall–Kier alpha value is -1.85. The first-order chi connectivity index (χ1) is 7.49. The molecule has 6 heteroatoms. The van der Waals surface area contributed by atoms with E-state index in [2.05, 4.69) is 9.97 Å². The number of ether oxygens (including phenoxy) is 1. The van der Waals surface area contributed by atoms with E-state index in [-0.39, 0.29) is 12.6 Å². The Morgan fingerprint density at radius 1 is 1.50 bits per heavy atom. The van der Waals surface area contributed by atoms with Gasteiger partial charge >= 0.3 is 5.97 Å². The molecule has 6 nitrogen and oxygen atoms in total. The Kier molecular flexibility index (Phi) is 4.04. The van der Waals surface area contributed by atoms with E-state index in [1.165, 1.54) is 17.3 Å². The summed E-state index contributed by atoms with van der Waals surface area (Å²) >= 11 is 0. The molecule has 0 amide bonds. The molecule has 16 heavy (non-hydrogen) atoms. The molecule has 88 valence electrons. The maximum Gasteiger partial charge on any atom is 0.323 e. The highest BCUT2D eigenvalue weighted by Gasteiger charge is 2.08. The number of carboxylic acid groups (broad SMARTS) is 1. The summed E-state index contributed by atoms with van der Waals surface area (Å²) < 4.78 is 5.32. The second-order valence-corrected chi connectivity index (χ2v) is 3.63. The minimum absolute atomic E-state index is 0.0388. The highest BCUT2D eigenvalue weighted by atomic mass is 16.5. The number of carboxylic acids is 1. The lowest BCUT2D eigenvalue weighted by Gasteiger charge is -2.15. The summed E-state index contributed by atoms with van der Waals surface area (Å²) in [6, 6.07) is 0. The van der Waals surface area contributed by atoms with Crippen LogP contribution in [0.2, 0.25) is 0 Å². The number of hydrogen-bond donors (Lipinski definition) is 1. The Morgan fingerprint density at radius 2 is 2.19 bits per heavy atom. The third-order valence-corrected chi connectivity index (χ3v) is 1.73. The van der Waals surface area contributed by atoms with Crippen molar-refractivity contribution in [3.05, 3.63) is 12.4 Å². The minimum Gasteiger partial charge on any atom is -0.480 e. The lowest BCUT2D eigenvalue weighted by atomic mass is 10.5. The molecule has 1 aromatic rings. The number of aliphatic carboxylic acids is 1. The lowest BCUT2D eigenvalue weighted by Crippen LogP contribution is -2.26. The molecular weight excluding hydrogens is 210 g/mol. The standard InChI is InChI=1S/C10H15N3O3/c1-7(2)16-9-5-11-8(4-12-9)13(3)6-10(14)15/h4-5,7H,6H2,1-3H3,(H,14,15). The Morgan fingerprint density at radius 3 is 2.62 bits per heavy atom. The lowest BCUT2D eigenvalue weighted by molar-refractivity contribution is -0.135. The van der Waals surface area contributed by atoms with Crippen molar-refractivity contribution >= 4 is 11.8 Å². The molecule has 0 unspecified atom stereocenters. The van der Waals surface area contributed by atoms with Crippen LogP contribution < -0.4 is 9.64 Å². The van der Waals surface area contributed by atoms with Crippen LogP contribution in [-0.4, -0.2) is 40.7 Å². The summed E-state index contributed by atoms with van der Waals surface area (Å²) in [5.74, 6) is 0.0211. The Bertz CT molecular complexity index is 351. The number of carbonyl (C=O) groups is 1. The first-order valence-corrected chi connectivity index (χ1v) is 4.90. The Balaban J connectivity index is 2.66. The number of anilines is 1. The van der Waals surface area contributed by atoms with Gasteiger partial charge in [0.2, 0.25) is 5.88 Å². The maximum absolute atomic E-state index is 10.5. The van der Waals surface area contributed by atoms with E-state index in [1.54, 1.807) is 7.05 Å². The SMILES string of the molecule is CC(C)Oc1cnc(N(C)CC(=O)O)cn1. The van der Waals surface area contributed by atoms with Crippen LogP contribution in [0.3, 0.4) is 0 Å². The third kappa shape index (κ3) is 3.72. The molecule has 1 N–H and O–H groups in total. The van der Waals surface area contributed by atoms with E-state index >= 15 is 0 Å². The first-order valence-electron chi connectivity index (χ1n) is 4.90. The van der Waals surface area contributed by atoms with Crippen LogP contribution in [-0.2, 0) is 4.79 Å². The van der Waals surface area contributed by atoms with Crippen LogP contribution in [0.1, 0.15) is 13.8 Å². The second kappa shape index (κ2) is 5.29. The molecule has 0 radical (unpaired) electrons. The van der Waals surface area contributed by atoms with E-state index in [0.29, 0.717) is 11.7 Å². The summed E-state index contributed by atoms with van der Waals surface area (Å²) in [6.07, 6.45) is 3.01. The molecule has 0 atom stereocenters. The van der Waals surface area contributed by atoms with E-state index in [1.807, 2.05) is 13.8 Å². The predicted molar refractivity (Wildman–Crippen MR) is 58.7 cm³/mol. The van der Waals surface area contributed by atoms with Crippen molar-refractivity contribution in [1.29, 1.82) is 0 Å². The van der Waals surface area contributed by atoms with Crippen molar-refractivity contribution in [2.24, 2.45) is 0 Å². The highest BCUT2D eigenvalue weighted by Crippen LogP contribution is 2.11. The molecule has 0 fully saturated rings. The molecule has 0 aliphatic heterocycles. The predicted octanol–water partition coefficient (Wildman–Crippen LogP) is 0.785. The monoisotopic (exact) mass is 225 g/mol. The van der Waals surface area contributed by atoms with Gasteiger partial charge in [-0.15, -0.1) is 0 Å². The van der Waals surface area contributed by atoms with Gasteiger partial charge in [0.05, 0.1) is 18.5 Å². The molecule has 1 rings (SSSR count). The van der Waals surface area contributed by atoms with Gasteiger partial charge in [-0.2, -0.15) is 0 Å². The Labute approximate surface area is 93.9 Å². The molecule has 0 bridgehead atoms. The zero-order valence-corrected chi connectivity index (χ0v) is 9.54. The number of hydrogen-bond acceptors (Lipinski definition) is 5. The normalized spacial score (nSPS) is 10.2. The second-order valence-electron chi connectivity index (χ2n) is 3.63. The number of rotatable bonds is 5. The van der Waals surface area contributed by atoms with Gasteiger partial charge in [0.25, 0.3) is 0 Å². The van der Waals surface area contributed by atoms with Gasteiger partial charge < -0.3 is 14.7 Å². The average Bonchev–Trinajstić information content (AvgIpc) is 2.16. The summed E-state index contributed by atoms with van der Waals surface area (Å²) in [6.45, 7) is 3.68. The summed E-state index contributed by atoms with van der Waals surface area (Å²) in [4.78, 5) is 20.1. The van der Waals surface area contributed by atoms with E-state index in [0.717, 1.165) is 0 Å².